The molecule has 0 bridgehead atoms. The Morgan fingerprint density at radius 1 is 1.35 bits per heavy atom. The van der Waals surface area contributed by atoms with E-state index >= 15 is 0 Å². The zero-order valence-electron chi connectivity index (χ0n) is 13.5. The molecule has 0 fully saturated rings. The molecule has 7 nitrogen and oxygen atoms in total. The van der Waals surface area contributed by atoms with Gasteiger partial charge >= 0.3 is 6.03 Å². The molecular weight excluding hydrogens is 379 g/mol. The number of benzene rings is 1. The Balaban J connectivity index is 1.97. The van der Waals surface area contributed by atoms with Crippen molar-refractivity contribution in [3.8, 4) is 11.1 Å². The smallest absolute Gasteiger partial charge is 0.318 e. The van der Waals surface area contributed by atoms with Gasteiger partial charge in [0.15, 0.2) is 5.16 Å². The molecule has 3 amide bonds. The lowest BCUT2D eigenvalue weighted by Crippen LogP contribution is -2.36. The first-order valence-corrected chi connectivity index (χ1v) is 9.19. The molecule has 0 aliphatic rings. The Kier molecular flexibility index (Phi) is 5.05. The number of hydrogen-bond acceptors (Lipinski definition) is 6. The van der Waals surface area contributed by atoms with Crippen LogP contribution in [0.1, 0.15) is 0 Å². The van der Waals surface area contributed by atoms with E-state index < -0.39 is 11.9 Å². The van der Waals surface area contributed by atoms with Crippen molar-refractivity contribution in [2.45, 2.75) is 5.16 Å². The van der Waals surface area contributed by atoms with Crippen LogP contribution in [0.25, 0.3) is 21.3 Å². The first-order valence-electron chi connectivity index (χ1n) is 7.33. The molecule has 0 radical (unpaired) electrons. The second-order valence-electron chi connectivity index (χ2n) is 5.30. The average molecular weight is 392 g/mol. The molecule has 3 rings (SSSR count). The number of nitrogens with one attached hydrogen (secondary N) is 1. The molecule has 0 atom stereocenters. The molecule has 0 spiro atoms. The van der Waals surface area contributed by atoms with Gasteiger partial charge in [0.2, 0.25) is 5.91 Å². The maximum atomic E-state index is 13.1. The van der Waals surface area contributed by atoms with E-state index in [1.807, 2.05) is 5.32 Å². The van der Waals surface area contributed by atoms with Gasteiger partial charge < -0.3 is 5.73 Å². The first-order chi connectivity index (χ1) is 12.4. The number of aromatic nitrogens is 2. The third kappa shape index (κ3) is 3.60. The first kappa shape index (κ1) is 18.1. The third-order valence-electron chi connectivity index (χ3n) is 3.52. The molecule has 0 unspecified atom stereocenters. The number of halogens is 1. The van der Waals surface area contributed by atoms with Gasteiger partial charge in [-0.25, -0.2) is 14.2 Å². The largest absolute Gasteiger partial charge is 0.351 e. The van der Waals surface area contributed by atoms with Gasteiger partial charge in [-0.15, -0.1) is 11.3 Å². The summed E-state index contributed by atoms with van der Waals surface area (Å²) in [5.41, 5.74) is 6.02. The van der Waals surface area contributed by atoms with Crippen molar-refractivity contribution in [3.05, 3.63) is 45.8 Å². The van der Waals surface area contributed by atoms with Gasteiger partial charge in [0, 0.05) is 18.0 Å². The summed E-state index contributed by atoms with van der Waals surface area (Å²) >= 11 is 2.31. The van der Waals surface area contributed by atoms with Crippen LogP contribution in [0, 0.1) is 5.82 Å². The van der Waals surface area contributed by atoms with Gasteiger partial charge in [-0.3, -0.25) is 19.5 Å². The maximum Gasteiger partial charge on any atom is 0.318 e. The Hall–Kier alpha value is -2.72. The molecule has 10 heteroatoms. The third-order valence-corrected chi connectivity index (χ3v) is 5.43. The number of primary amides is 1. The minimum absolute atomic E-state index is 0.106. The van der Waals surface area contributed by atoms with Crippen LogP contribution in [0.3, 0.4) is 0 Å². The molecule has 2 aromatic heterocycles. The number of fused-ring (bicyclic) bond motifs is 1. The van der Waals surface area contributed by atoms with Gasteiger partial charge in [0.1, 0.15) is 10.6 Å². The lowest BCUT2D eigenvalue weighted by molar-refractivity contribution is -0.117. The summed E-state index contributed by atoms with van der Waals surface area (Å²) in [7, 11) is 1.55. The van der Waals surface area contributed by atoms with Crippen molar-refractivity contribution in [1.29, 1.82) is 0 Å². The number of thioether (sulfide) groups is 1. The van der Waals surface area contributed by atoms with Crippen LogP contribution in [0.15, 0.2) is 39.6 Å². The fraction of sp³-hybridized carbons (Fsp3) is 0.125. The van der Waals surface area contributed by atoms with E-state index in [1.165, 1.54) is 28.0 Å². The highest BCUT2D eigenvalue weighted by molar-refractivity contribution is 7.99. The highest BCUT2D eigenvalue weighted by Gasteiger charge is 2.16. The molecule has 134 valence electrons. The molecule has 0 aliphatic heterocycles. The summed E-state index contributed by atoms with van der Waals surface area (Å²) < 4.78 is 14.5. The number of thiophene rings is 1. The highest BCUT2D eigenvalue weighted by atomic mass is 32.2. The number of urea groups is 1. The van der Waals surface area contributed by atoms with Crippen molar-refractivity contribution >= 4 is 45.3 Å². The molecule has 0 saturated carbocycles. The fourth-order valence-electron chi connectivity index (χ4n) is 2.33. The lowest BCUT2D eigenvalue weighted by Gasteiger charge is -2.07. The molecule has 0 saturated heterocycles. The van der Waals surface area contributed by atoms with Gasteiger partial charge in [-0.1, -0.05) is 23.9 Å². The molecule has 3 N–H and O–H groups in total. The van der Waals surface area contributed by atoms with Crippen molar-refractivity contribution in [3.63, 3.8) is 0 Å². The van der Waals surface area contributed by atoms with E-state index in [-0.39, 0.29) is 17.1 Å². The molecule has 26 heavy (non-hydrogen) atoms. The number of carbonyl (C=O) groups excluding carboxylic acids is 2. The van der Waals surface area contributed by atoms with Gasteiger partial charge in [-0.05, 0) is 17.7 Å². The van der Waals surface area contributed by atoms with Crippen LogP contribution in [0.5, 0.6) is 0 Å². The molecular formula is C16H13FN4O3S2. The summed E-state index contributed by atoms with van der Waals surface area (Å²) in [5, 5.41) is 4.52. The van der Waals surface area contributed by atoms with Gasteiger partial charge in [-0.2, -0.15) is 0 Å². The van der Waals surface area contributed by atoms with Gasteiger partial charge in [0.25, 0.3) is 5.56 Å². The number of amides is 3. The lowest BCUT2D eigenvalue weighted by atomic mass is 10.1. The minimum atomic E-state index is -0.935. The highest BCUT2D eigenvalue weighted by Crippen LogP contribution is 2.32. The van der Waals surface area contributed by atoms with E-state index in [9.17, 15) is 18.8 Å². The normalized spacial score (nSPS) is 10.8. The number of imide groups is 1. The van der Waals surface area contributed by atoms with Crippen LogP contribution in [-0.4, -0.2) is 27.2 Å². The number of hydrogen-bond donors (Lipinski definition) is 2. The van der Waals surface area contributed by atoms with Crippen molar-refractivity contribution in [2.24, 2.45) is 12.8 Å². The quantitative estimate of drug-likeness (QED) is 0.522. The summed E-state index contributed by atoms with van der Waals surface area (Å²) in [5.74, 6) is -1.03. The van der Waals surface area contributed by atoms with E-state index in [2.05, 4.69) is 4.98 Å². The summed E-state index contributed by atoms with van der Waals surface area (Å²) in [6, 6.07) is 4.94. The maximum absolute atomic E-state index is 13.1. The monoisotopic (exact) mass is 392 g/mol. The van der Waals surface area contributed by atoms with Crippen LogP contribution < -0.4 is 16.6 Å². The average Bonchev–Trinajstić information content (AvgIpc) is 3.01. The topological polar surface area (TPSA) is 107 Å². The Morgan fingerprint density at radius 2 is 2.04 bits per heavy atom. The Morgan fingerprint density at radius 3 is 2.69 bits per heavy atom. The predicted octanol–water partition coefficient (Wildman–Crippen LogP) is 2.09. The second kappa shape index (κ2) is 7.26. The number of carbonyl (C=O) groups is 2. The van der Waals surface area contributed by atoms with Gasteiger partial charge in [0.05, 0.1) is 11.1 Å². The van der Waals surface area contributed by atoms with E-state index in [1.54, 1.807) is 24.6 Å². The molecule has 1 aromatic carbocycles. The Bertz CT molecular complexity index is 1060. The fourth-order valence-corrected chi connectivity index (χ4v) is 4.09. The van der Waals surface area contributed by atoms with E-state index in [4.69, 9.17) is 5.73 Å². The number of nitrogens with two attached hydrogens (primary N) is 1. The molecule has 3 aromatic rings. The van der Waals surface area contributed by atoms with E-state index in [0.29, 0.717) is 20.9 Å². The Labute approximate surface area is 155 Å². The zero-order chi connectivity index (χ0) is 18.8. The minimum Gasteiger partial charge on any atom is -0.351 e. The predicted molar refractivity (Wildman–Crippen MR) is 98.7 cm³/mol. The van der Waals surface area contributed by atoms with Crippen LogP contribution in [0.2, 0.25) is 0 Å². The second-order valence-corrected chi connectivity index (χ2v) is 7.10. The number of rotatable bonds is 4. The van der Waals surface area contributed by atoms with Crippen molar-refractivity contribution < 1.29 is 14.0 Å². The molecule has 0 aliphatic carbocycles. The molecule has 2 heterocycles. The van der Waals surface area contributed by atoms with Crippen LogP contribution in [-0.2, 0) is 11.8 Å². The van der Waals surface area contributed by atoms with Crippen LogP contribution >= 0.6 is 23.1 Å². The summed E-state index contributed by atoms with van der Waals surface area (Å²) in [6.07, 6.45) is 0. The number of nitrogens with zero attached hydrogens (tertiary/aromatic N) is 2. The van der Waals surface area contributed by atoms with Crippen LogP contribution in [0.4, 0.5) is 9.18 Å². The standard InChI is InChI=1S/C16H13FN4O3S2/c1-21-14(23)12-10(8-2-4-9(17)5-3-8)6-25-13(12)20-16(21)26-7-11(22)19-15(18)24/h2-6H,7H2,1H3,(H3,18,19,22,24). The van der Waals surface area contributed by atoms with E-state index in [0.717, 1.165) is 17.3 Å². The zero-order valence-corrected chi connectivity index (χ0v) is 15.1. The SMILES string of the molecule is Cn1c(SCC(=O)NC(N)=O)nc2scc(-c3ccc(F)cc3)c2c1=O. The summed E-state index contributed by atoms with van der Waals surface area (Å²) in [4.78, 5) is 39.9. The van der Waals surface area contributed by atoms with Crippen molar-refractivity contribution in [1.82, 2.24) is 14.9 Å². The van der Waals surface area contributed by atoms with Crippen molar-refractivity contribution in [2.75, 3.05) is 5.75 Å². The summed E-state index contributed by atoms with van der Waals surface area (Å²) in [6.45, 7) is 0.